The van der Waals surface area contributed by atoms with Crippen LogP contribution in [0.4, 0.5) is 0 Å². The molecule has 4 aromatic heterocycles. The van der Waals surface area contributed by atoms with E-state index in [1.807, 2.05) is 31.3 Å². The van der Waals surface area contributed by atoms with Crippen molar-refractivity contribution in [3.8, 4) is 5.75 Å². The summed E-state index contributed by atoms with van der Waals surface area (Å²) < 4.78 is 10.3. The molecule has 0 aliphatic heterocycles. The van der Waals surface area contributed by atoms with Crippen molar-refractivity contribution in [2.45, 2.75) is 13.2 Å². The summed E-state index contributed by atoms with van der Waals surface area (Å²) >= 11 is 4.57. The molecule has 0 aliphatic carbocycles. The third kappa shape index (κ3) is 4.24. The predicted molar refractivity (Wildman–Crippen MR) is 122 cm³/mol. The van der Waals surface area contributed by atoms with Crippen LogP contribution in [0.1, 0.15) is 10.6 Å². The lowest BCUT2D eigenvalue weighted by Gasteiger charge is -2.07. The lowest BCUT2D eigenvalue weighted by molar-refractivity contribution is 0.281. The normalized spacial score (nSPS) is 11.0. The van der Waals surface area contributed by atoms with Crippen LogP contribution in [0.25, 0.3) is 21.3 Å². The Morgan fingerprint density at radius 1 is 1.32 bits per heavy atom. The first kappa shape index (κ1) is 21.2. The maximum atomic E-state index is 12.9. The third-order valence-electron chi connectivity index (χ3n) is 4.64. The summed E-state index contributed by atoms with van der Waals surface area (Å²) in [6, 6.07) is 7.56. The molecule has 160 valence electrons. The van der Waals surface area contributed by atoms with Crippen molar-refractivity contribution in [3.05, 3.63) is 68.3 Å². The Balaban J connectivity index is 0.000000334. The number of fused-ring (bicyclic) bond motifs is 3. The van der Waals surface area contributed by atoms with Gasteiger partial charge in [-0.2, -0.15) is 10.2 Å². The first-order chi connectivity index (χ1) is 15.0. The average Bonchev–Trinajstić information content (AvgIpc) is 3.49. The smallest absolute Gasteiger partial charge is 0.291 e. The second kappa shape index (κ2) is 9.00. The first-order valence-corrected chi connectivity index (χ1v) is 10.8. The quantitative estimate of drug-likeness (QED) is 0.390. The van der Waals surface area contributed by atoms with Crippen molar-refractivity contribution in [1.82, 2.24) is 29.5 Å². The molecule has 0 aliphatic rings. The number of thiazole rings is 1. The number of ether oxygens (including phenoxy) is 1. The Bertz CT molecular complexity index is 1390. The lowest BCUT2D eigenvalue weighted by Crippen LogP contribution is -2.24. The van der Waals surface area contributed by atoms with E-state index in [0.29, 0.717) is 22.7 Å². The molecule has 0 unspecified atom stereocenters. The van der Waals surface area contributed by atoms with Crippen LogP contribution in [0, 0.1) is 0 Å². The van der Waals surface area contributed by atoms with Gasteiger partial charge < -0.3 is 14.4 Å². The SMILES string of the molecule is Brc1cn[nH]c1.COc1cccc(Cn2ncc3c4sc(CO)nc4n(C)c3c2=O)c1. The maximum Gasteiger partial charge on any atom is 0.291 e. The van der Waals surface area contributed by atoms with Crippen LogP contribution in [0.2, 0.25) is 0 Å². The Morgan fingerprint density at radius 3 is 2.81 bits per heavy atom. The first-order valence-electron chi connectivity index (χ1n) is 9.23. The summed E-state index contributed by atoms with van der Waals surface area (Å²) in [5.41, 5.74) is 2.03. The number of H-pyrrole nitrogens is 1. The molecule has 1 aromatic carbocycles. The summed E-state index contributed by atoms with van der Waals surface area (Å²) in [4.78, 5) is 17.3. The molecule has 4 heterocycles. The van der Waals surface area contributed by atoms with E-state index >= 15 is 0 Å². The van der Waals surface area contributed by atoms with E-state index in [4.69, 9.17) is 4.74 Å². The number of aromatic nitrogens is 6. The molecule has 2 N–H and O–H groups in total. The number of hydrogen-bond donors (Lipinski definition) is 2. The van der Waals surface area contributed by atoms with Gasteiger partial charge >= 0.3 is 0 Å². The van der Waals surface area contributed by atoms with Gasteiger partial charge in [0.1, 0.15) is 16.3 Å². The number of halogens is 1. The minimum atomic E-state index is -0.168. The fraction of sp³-hybridized carbons (Fsp3) is 0.200. The second-order valence-corrected chi connectivity index (χ2v) is 8.61. The van der Waals surface area contributed by atoms with Gasteiger partial charge in [-0.25, -0.2) is 9.67 Å². The van der Waals surface area contributed by atoms with E-state index in [1.54, 1.807) is 30.3 Å². The van der Waals surface area contributed by atoms with E-state index < -0.39 is 0 Å². The Hall–Kier alpha value is -3.02. The fourth-order valence-electron chi connectivity index (χ4n) is 3.19. The third-order valence-corrected chi connectivity index (χ3v) is 6.13. The van der Waals surface area contributed by atoms with Gasteiger partial charge in [0.25, 0.3) is 5.56 Å². The van der Waals surface area contributed by atoms with Crippen molar-refractivity contribution in [2.75, 3.05) is 7.11 Å². The Kier molecular flexibility index (Phi) is 6.16. The zero-order chi connectivity index (χ0) is 22.0. The monoisotopic (exact) mass is 502 g/mol. The summed E-state index contributed by atoms with van der Waals surface area (Å²) in [6.07, 6.45) is 5.15. The minimum absolute atomic E-state index is 0.110. The van der Waals surface area contributed by atoms with Crippen LogP contribution in [0.15, 0.2) is 52.1 Å². The van der Waals surface area contributed by atoms with Crippen molar-refractivity contribution in [2.24, 2.45) is 7.05 Å². The fourth-order valence-corrected chi connectivity index (χ4v) is 4.36. The highest BCUT2D eigenvalue weighted by Gasteiger charge is 2.18. The highest BCUT2D eigenvalue weighted by atomic mass is 79.9. The number of methoxy groups -OCH3 is 1. The van der Waals surface area contributed by atoms with Crippen LogP contribution in [-0.4, -0.2) is 41.7 Å². The number of nitrogens with zero attached hydrogens (tertiary/aromatic N) is 5. The Labute approximate surface area is 189 Å². The topological polar surface area (TPSA) is 111 Å². The molecule has 0 bridgehead atoms. The summed E-state index contributed by atoms with van der Waals surface area (Å²) in [7, 11) is 3.42. The average molecular weight is 503 g/mol. The second-order valence-electron chi connectivity index (χ2n) is 6.62. The number of aliphatic hydroxyl groups excluding tert-OH is 1. The van der Waals surface area contributed by atoms with Crippen LogP contribution in [0.3, 0.4) is 0 Å². The molecule has 9 nitrogen and oxygen atoms in total. The van der Waals surface area contributed by atoms with Crippen LogP contribution < -0.4 is 10.3 Å². The zero-order valence-electron chi connectivity index (χ0n) is 16.7. The summed E-state index contributed by atoms with van der Waals surface area (Å²) in [6.45, 7) is 0.251. The van der Waals surface area contributed by atoms with Gasteiger partial charge in [-0.05, 0) is 33.6 Å². The number of hydrogen-bond acceptors (Lipinski definition) is 7. The molecule has 0 amide bonds. The van der Waals surface area contributed by atoms with E-state index in [-0.39, 0.29) is 12.2 Å². The van der Waals surface area contributed by atoms with Crippen LogP contribution >= 0.6 is 27.3 Å². The van der Waals surface area contributed by atoms with Gasteiger partial charge in [0.15, 0.2) is 5.65 Å². The number of rotatable bonds is 4. The highest BCUT2D eigenvalue weighted by molar-refractivity contribution is 9.10. The van der Waals surface area contributed by atoms with Crippen LogP contribution in [-0.2, 0) is 20.2 Å². The molecule has 11 heteroatoms. The standard InChI is InChI=1S/C17H16N4O3S.C3H3BrN2/c1-20-14-12(15-16(20)19-13(9-22)25-15)7-18-21(17(14)23)8-10-4-3-5-11(6-10)24-2;4-3-1-5-6-2-3/h3-7,22H,8-9H2,1-2H3;1-2H,(H,5,6). The predicted octanol–water partition coefficient (Wildman–Crippen LogP) is 3.07. The van der Waals surface area contributed by atoms with Gasteiger partial charge in [0.2, 0.25) is 0 Å². The molecule has 0 spiro atoms. The molecular formula is C20H19BrN6O3S. The van der Waals surface area contributed by atoms with Crippen LogP contribution in [0.5, 0.6) is 5.75 Å². The van der Waals surface area contributed by atoms with E-state index in [2.05, 4.69) is 36.2 Å². The molecule has 0 saturated carbocycles. The molecule has 5 rings (SSSR count). The molecule has 0 fully saturated rings. The molecular weight excluding hydrogens is 484 g/mol. The zero-order valence-corrected chi connectivity index (χ0v) is 19.1. The number of aliphatic hydroxyl groups is 1. The maximum absolute atomic E-state index is 12.9. The number of nitrogens with one attached hydrogen (secondary N) is 1. The van der Waals surface area contributed by atoms with Gasteiger partial charge in [-0.1, -0.05) is 12.1 Å². The highest BCUT2D eigenvalue weighted by Crippen LogP contribution is 2.30. The molecule has 0 atom stereocenters. The van der Waals surface area contributed by atoms with Gasteiger partial charge in [-0.15, -0.1) is 11.3 Å². The van der Waals surface area contributed by atoms with Crippen molar-refractivity contribution in [1.29, 1.82) is 0 Å². The van der Waals surface area contributed by atoms with E-state index in [0.717, 1.165) is 25.9 Å². The number of aromatic amines is 1. The van der Waals surface area contributed by atoms with Gasteiger partial charge in [-0.3, -0.25) is 9.89 Å². The van der Waals surface area contributed by atoms with Crippen molar-refractivity contribution in [3.63, 3.8) is 0 Å². The lowest BCUT2D eigenvalue weighted by atomic mass is 10.2. The van der Waals surface area contributed by atoms with Crippen molar-refractivity contribution >= 4 is 48.5 Å². The van der Waals surface area contributed by atoms with Gasteiger partial charge in [0, 0.05) is 18.6 Å². The van der Waals surface area contributed by atoms with Gasteiger partial charge in [0.05, 0.1) is 41.8 Å². The largest absolute Gasteiger partial charge is 0.497 e. The summed E-state index contributed by atoms with van der Waals surface area (Å²) in [5.74, 6) is 0.742. The molecule has 5 aromatic rings. The van der Waals surface area contributed by atoms with E-state index in [9.17, 15) is 9.90 Å². The number of benzene rings is 1. The Morgan fingerprint density at radius 2 is 2.16 bits per heavy atom. The molecule has 0 saturated heterocycles. The minimum Gasteiger partial charge on any atom is -0.497 e. The molecule has 31 heavy (non-hydrogen) atoms. The van der Waals surface area contributed by atoms with E-state index in [1.165, 1.54) is 16.0 Å². The van der Waals surface area contributed by atoms with Crippen molar-refractivity contribution < 1.29 is 9.84 Å². The summed E-state index contributed by atoms with van der Waals surface area (Å²) in [5, 5.41) is 21.3. The number of aryl methyl sites for hydroxylation is 1. The molecule has 0 radical (unpaired) electrons.